The minimum Gasteiger partial charge on any atom is -0.325 e. The first-order valence-corrected chi connectivity index (χ1v) is 11.9. The van der Waals surface area contributed by atoms with Crippen LogP contribution in [0, 0.1) is 11.6 Å². The van der Waals surface area contributed by atoms with Gasteiger partial charge in [0, 0.05) is 18.8 Å². The van der Waals surface area contributed by atoms with Crippen molar-refractivity contribution in [3.05, 3.63) is 59.7 Å². The van der Waals surface area contributed by atoms with Gasteiger partial charge >= 0.3 is 6.03 Å². The molecular formula is C22H24F2N4O5S. The zero-order valence-electron chi connectivity index (χ0n) is 18.8. The van der Waals surface area contributed by atoms with Crippen LogP contribution in [-0.2, 0) is 25.2 Å². The maximum absolute atomic E-state index is 13.6. The number of anilines is 1. The molecule has 1 unspecified atom stereocenters. The Hall–Kier alpha value is -3.38. The molecule has 2 N–H and O–H groups in total. The van der Waals surface area contributed by atoms with Crippen LogP contribution in [0.3, 0.4) is 0 Å². The van der Waals surface area contributed by atoms with Crippen LogP contribution in [0.2, 0.25) is 0 Å². The molecule has 1 saturated heterocycles. The van der Waals surface area contributed by atoms with Crippen LogP contribution >= 0.6 is 0 Å². The van der Waals surface area contributed by atoms with Gasteiger partial charge in [-0.25, -0.2) is 22.0 Å². The van der Waals surface area contributed by atoms with Gasteiger partial charge in [-0.3, -0.25) is 14.5 Å². The quantitative estimate of drug-likeness (QED) is 0.547. The van der Waals surface area contributed by atoms with E-state index in [0.717, 1.165) is 12.1 Å². The molecule has 1 aliphatic heterocycles. The van der Waals surface area contributed by atoms with Crippen molar-refractivity contribution < 1.29 is 31.6 Å². The van der Waals surface area contributed by atoms with Gasteiger partial charge in [-0.05, 0) is 48.9 Å². The number of imide groups is 1. The summed E-state index contributed by atoms with van der Waals surface area (Å²) in [5.41, 5.74) is -1.39. The molecule has 0 spiro atoms. The lowest BCUT2D eigenvalue weighted by atomic mass is 9.92. The summed E-state index contributed by atoms with van der Waals surface area (Å²) in [6.45, 7) is 4.77. The minimum atomic E-state index is -3.66. The van der Waals surface area contributed by atoms with E-state index in [1.165, 1.54) is 41.6 Å². The number of nitrogens with zero attached hydrogens (tertiary/aromatic N) is 2. The van der Waals surface area contributed by atoms with E-state index < -0.39 is 51.6 Å². The van der Waals surface area contributed by atoms with Crippen molar-refractivity contribution in [1.82, 2.24) is 14.5 Å². The predicted molar refractivity (Wildman–Crippen MR) is 119 cm³/mol. The molecule has 0 aliphatic carbocycles. The normalized spacial score (nSPS) is 18.4. The number of halogens is 2. The molecule has 0 bridgehead atoms. The first-order chi connectivity index (χ1) is 15.9. The van der Waals surface area contributed by atoms with Crippen molar-refractivity contribution >= 4 is 33.6 Å². The maximum Gasteiger partial charge on any atom is 0.325 e. The smallest absolute Gasteiger partial charge is 0.325 e. The topological polar surface area (TPSA) is 116 Å². The molecule has 1 aliphatic rings. The number of benzene rings is 2. The van der Waals surface area contributed by atoms with E-state index in [2.05, 4.69) is 10.6 Å². The van der Waals surface area contributed by atoms with Gasteiger partial charge in [0.2, 0.25) is 15.9 Å². The average Bonchev–Trinajstić information content (AvgIpc) is 3.00. The number of nitrogens with one attached hydrogen (secondary N) is 2. The fourth-order valence-corrected chi connectivity index (χ4v) is 5.07. The number of urea groups is 1. The van der Waals surface area contributed by atoms with Crippen molar-refractivity contribution in [2.24, 2.45) is 0 Å². The zero-order chi connectivity index (χ0) is 25.3. The van der Waals surface area contributed by atoms with E-state index in [-0.39, 0.29) is 16.1 Å². The lowest BCUT2D eigenvalue weighted by Crippen LogP contribution is -2.42. The Labute approximate surface area is 195 Å². The molecule has 4 amide bonds. The largest absolute Gasteiger partial charge is 0.325 e. The van der Waals surface area contributed by atoms with Crippen molar-refractivity contribution in [2.45, 2.75) is 31.2 Å². The van der Waals surface area contributed by atoms with E-state index in [1.54, 1.807) is 13.8 Å². The van der Waals surface area contributed by atoms with Gasteiger partial charge < -0.3 is 10.6 Å². The third-order valence-corrected chi connectivity index (χ3v) is 7.62. The van der Waals surface area contributed by atoms with Crippen LogP contribution < -0.4 is 10.6 Å². The summed E-state index contributed by atoms with van der Waals surface area (Å²) in [5, 5.41) is 4.90. The Morgan fingerprint density at radius 2 is 1.68 bits per heavy atom. The predicted octanol–water partition coefficient (Wildman–Crippen LogP) is 2.40. The molecule has 1 atom stereocenters. The lowest BCUT2D eigenvalue weighted by molar-refractivity contribution is -0.133. The summed E-state index contributed by atoms with van der Waals surface area (Å²) in [7, 11) is -3.66. The van der Waals surface area contributed by atoms with Gasteiger partial charge in [-0.15, -0.1) is 0 Å². The van der Waals surface area contributed by atoms with E-state index in [4.69, 9.17) is 0 Å². The SMILES string of the molecule is CCN(CC)S(=O)(=O)c1ccc(NC(=O)CN2C(=O)NC(C)(c3ccc(F)c(F)c3)C2=O)cc1. The number of hydrogen-bond acceptors (Lipinski definition) is 5. The fourth-order valence-electron chi connectivity index (χ4n) is 3.61. The minimum absolute atomic E-state index is 0.0256. The third-order valence-electron chi connectivity index (χ3n) is 5.55. The lowest BCUT2D eigenvalue weighted by Gasteiger charge is -2.22. The number of sulfonamides is 1. The highest BCUT2D eigenvalue weighted by Gasteiger charge is 2.49. The van der Waals surface area contributed by atoms with Gasteiger partial charge in [0.25, 0.3) is 5.91 Å². The van der Waals surface area contributed by atoms with Crippen molar-refractivity contribution in [1.29, 1.82) is 0 Å². The number of carbonyl (C=O) groups excluding carboxylic acids is 3. The highest BCUT2D eigenvalue weighted by Crippen LogP contribution is 2.29. The average molecular weight is 495 g/mol. The van der Waals surface area contributed by atoms with Crippen LogP contribution in [0.1, 0.15) is 26.3 Å². The van der Waals surface area contributed by atoms with Crippen molar-refractivity contribution in [2.75, 3.05) is 25.0 Å². The van der Waals surface area contributed by atoms with Crippen LogP contribution in [0.5, 0.6) is 0 Å². The molecule has 1 fully saturated rings. The summed E-state index contributed by atoms with van der Waals surface area (Å²) in [5.74, 6) is -3.79. The van der Waals surface area contributed by atoms with Crippen LogP contribution in [-0.4, -0.2) is 55.1 Å². The number of rotatable bonds is 8. The molecule has 0 radical (unpaired) electrons. The molecule has 9 nitrogen and oxygen atoms in total. The number of hydrogen-bond donors (Lipinski definition) is 2. The molecule has 0 aromatic heterocycles. The highest BCUT2D eigenvalue weighted by atomic mass is 32.2. The zero-order valence-corrected chi connectivity index (χ0v) is 19.6. The Balaban J connectivity index is 1.71. The van der Waals surface area contributed by atoms with Gasteiger partial charge in [0.1, 0.15) is 12.1 Å². The van der Waals surface area contributed by atoms with E-state index in [1.807, 2.05) is 0 Å². The maximum atomic E-state index is 13.6. The molecule has 1 heterocycles. The van der Waals surface area contributed by atoms with Gasteiger partial charge in [0.15, 0.2) is 11.6 Å². The summed E-state index contributed by atoms with van der Waals surface area (Å²) in [6, 6.07) is 7.44. The van der Waals surface area contributed by atoms with Crippen LogP contribution in [0.25, 0.3) is 0 Å². The number of carbonyl (C=O) groups is 3. The van der Waals surface area contributed by atoms with Crippen molar-refractivity contribution in [3.8, 4) is 0 Å². The molecule has 3 rings (SSSR count). The monoisotopic (exact) mass is 494 g/mol. The second kappa shape index (κ2) is 9.47. The number of amides is 4. The third kappa shape index (κ3) is 4.64. The summed E-state index contributed by atoms with van der Waals surface area (Å²) in [6.07, 6.45) is 0. The van der Waals surface area contributed by atoms with Gasteiger partial charge in [-0.2, -0.15) is 4.31 Å². The van der Waals surface area contributed by atoms with Crippen LogP contribution in [0.4, 0.5) is 19.3 Å². The fraction of sp³-hybridized carbons (Fsp3) is 0.318. The summed E-state index contributed by atoms with van der Waals surface area (Å²) < 4.78 is 53.3. The Morgan fingerprint density at radius 1 is 1.06 bits per heavy atom. The molecule has 2 aromatic carbocycles. The molecule has 182 valence electrons. The second-order valence-electron chi connectivity index (χ2n) is 7.74. The van der Waals surface area contributed by atoms with Gasteiger partial charge in [-0.1, -0.05) is 19.9 Å². The van der Waals surface area contributed by atoms with Crippen molar-refractivity contribution in [3.63, 3.8) is 0 Å². The van der Waals surface area contributed by atoms with E-state index in [0.29, 0.717) is 18.0 Å². The summed E-state index contributed by atoms with van der Waals surface area (Å²) in [4.78, 5) is 38.4. The highest BCUT2D eigenvalue weighted by molar-refractivity contribution is 7.89. The standard InChI is InChI=1S/C22H24F2N4O5S/c1-4-27(5-2)34(32,33)16-9-7-15(8-10-16)25-19(29)13-28-20(30)22(3,26-21(28)31)14-6-11-17(23)18(24)12-14/h6-12H,4-5,13H2,1-3H3,(H,25,29)(H,26,31). The van der Waals surface area contributed by atoms with Gasteiger partial charge in [0.05, 0.1) is 4.90 Å². The Bertz CT molecular complexity index is 1230. The molecule has 34 heavy (non-hydrogen) atoms. The second-order valence-corrected chi connectivity index (χ2v) is 9.68. The Kier molecular flexibility index (Phi) is 7.03. The Morgan fingerprint density at radius 3 is 2.24 bits per heavy atom. The molecule has 0 saturated carbocycles. The van der Waals surface area contributed by atoms with E-state index in [9.17, 15) is 31.6 Å². The van der Waals surface area contributed by atoms with Crippen LogP contribution in [0.15, 0.2) is 47.4 Å². The molecular weight excluding hydrogens is 470 g/mol. The summed E-state index contributed by atoms with van der Waals surface area (Å²) >= 11 is 0. The molecule has 2 aromatic rings. The molecule has 12 heteroatoms. The first-order valence-electron chi connectivity index (χ1n) is 10.4. The first kappa shape index (κ1) is 25.2. The van der Waals surface area contributed by atoms with E-state index >= 15 is 0 Å².